The highest BCUT2D eigenvalue weighted by Crippen LogP contribution is 2.41. The van der Waals surface area contributed by atoms with E-state index >= 15 is 0 Å². The molecule has 5 nitrogen and oxygen atoms in total. The molecular formula is C25H33B2F3N4O. The molecule has 1 aliphatic carbocycles. The van der Waals surface area contributed by atoms with Crippen molar-refractivity contribution in [3.63, 3.8) is 0 Å². The average Bonchev–Trinajstić information content (AvgIpc) is 3.43. The fourth-order valence-electron chi connectivity index (χ4n) is 5.37. The summed E-state index contributed by atoms with van der Waals surface area (Å²) in [5.74, 6) is 2.12. The zero-order valence-electron chi connectivity index (χ0n) is 19.2. The van der Waals surface area contributed by atoms with Crippen molar-refractivity contribution in [1.82, 2.24) is 14.9 Å². The van der Waals surface area contributed by atoms with Gasteiger partial charge in [0.05, 0.1) is 33.3 Å². The van der Waals surface area contributed by atoms with Crippen molar-refractivity contribution in [2.45, 2.75) is 51.0 Å². The van der Waals surface area contributed by atoms with Gasteiger partial charge in [-0.15, -0.1) is 0 Å². The van der Waals surface area contributed by atoms with Crippen molar-refractivity contribution in [3.05, 3.63) is 42.4 Å². The van der Waals surface area contributed by atoms with Gasteiger partial charge in [0, 0.05) is 38.1 Å². The Morgan fingerprint density at radius 1 is 0.971 bits per heavy atom. The van der Waals surface area contributed by atoms with Crippen LogP contribution in [0.4, 0.5) is 18.9 Å². The zero-order valence-corrected chi connectivity index (χ0v) is 19.2. The maximum atomic E-state index is 12.7. The average molecular weight is 484 g/mol. The molecule has 0 spiro atoms. The molecule has 2 aromatic heterocycles. The number of nitrogens with two attached hydrogens (primary N) is 1. The van der Waals surface area contributed by atoms with Crippen molar-refractivity contribution in [3.8, 4) is 11.3 Å². The van der Waals surface area contributed by atoms with Crippen molar-refractivity contribution >= 4 is 21.4 Å². The number of halogens is 3. The highest BCUT2D eigenvalue weighted by Gasteiger charge is 2.43. The number of anilines is 1. The van der Waals surface area contributed by atoms with E-state index < -0.39 is 17.2 Å². The van der Waals surface area contributed by atoms with Crippen molar-refractivity contribution in [2.75, 3.05) is 32.0 Å². The number of pyridine rings is 2. The van der Waals surface area contributed by atoms with Crippen molar-refractivity contribution in [2.24, 2.45) is 17.8 Å². The summed E-state index contributed by atoms with van der Waals surface area (Å²) in [5.41, 5.74) is 5.01. The predicted molar refractivity (Wildman–Crippen MR) is 134 cm³/mol. The summed E-state index contributed by atoms with van der Waals surface area (Å²) >= 11 is 0. The molecule has 2 saturated heterocycles. The molecular weight excluding hydrogens is 451 g/mol. The number of rotatable bonds is 3. The highest BCUT2D eigenvalue weighted by molar-refractivity contribution is 6.40. The van der Waals surface area contributed by atoms with Gasteiger partial charge < -0.3 is 15.4 Å². The lowest BCUT2D eigenvalue weighted by Crippen LogP contribution is -2.55. The molecule has 0 bridgehead atoms. The minimum Gasteiger partial charge on any atom is -0.397 e. The first-order chi connectivity index (χ1) is 16.2. The summed E-state index contributed by atoms with van der Waals surface area (Å²) in [5, 5.41) is -0.603. The topological polar surface area (TPSA) is 64.3 Å². The second-order valence-corrected chi connectivity index (χ2v) is 9.50. The number of fused-ring (bicyclic) bond motifs is 1. The fourth-order valence-corrected chi connectivity index (χ4v) is 5.37. The third kappa shape index (κ3) is 6.39. The second-order valence-electron chi connectivity index (χ2n) is 9.50. The number of likely N-dealkylation sites (tertiary alicyclic amines) is 1. The van der Waals surface area contributed by atoms with Crippen LogP contribution in [0.1, 0.15) is 45.2 Å². The third-order valence-corrected chi connectivity index (χ3v) is 7.29. The molecule has 0 aromatic carbocycles. The van der Waals surface area contributed by atoms with Crippen LogP contribution in [-0.4, -0.2) is 62.2 Å². The SMILES string of the molecule is C.Nc1ccc(-c2cccnc2C(F)(F)F)nc1.[B]C([B])(C1CCOCC1)N1CC2CCCC2C1. The number of aromatic nitrogens is 2. The number of nitrogens with zero attached hydrogens (tertiary/aromatic N) is 3. The maximum absolute atomic E-state index is 12.7. The predicted octanol–water partition coefficient (Wildman–Crippen LogP) is 4.52. The molecule has 3 fully saturated rings. The van der Waals surface area contributed by atoms with Crippen LogP contribution in [0.15, 0.2) is 36.7 Å². The van der Waals surface area contributed by atoms with Gasteiger partial charge in [-0.25, -0.2) is 0 Å². The fraction of sp³-hybridized carbons (Fsp3) is 0.600. The highest BCUT2D eigenvalue weighted by atomic mass is 19.4. The molecule has 3 aliphatic rings. The van der Waals surface area contributed by atoms with E-state index in [0.717, 1.165) is 57.2 Å². The summed E-state index contributed by atoms with van der Waals surface area (Å²) in [6.07, 6.45) is 4.10. The summed E-state index contributed by atoms with van der Waals surface area (Å²) < 4.78 is 43.5. The van der Waals surface area contributed by atoms with Crippen LogP contribution in [0.5, 0.6) is 0 Å². The van der Waals surface area contributed by atoms with Crippen LogP contribution in [0.3, 0.4) is 0 Å². The van der Waals surface area contributed by atoms with E-state index in [1.54, 1.807) is 0 Å². The quantitative estimate of drug-likeness (QED) is 0.650. The van der Waals surface area contributed by atoms with E-state index in [1.807, 2.05) is 0 Å². The molecule has 2 aliphatic heterocycles. The van der Waals surface area contributed by atoms with E-state index in [2.05, 4.69) is 14.9 Å². The van der Waals surface area contributed by atoms with Crippen LogP contribution in [-0.2, 0) is 10.9 Å². The first-order valence-electron chi connectivity index (χ1n) is 11.8. The van der Waals surface area contributed by atoms with Gasteiger partial charge in [-0.2, -0.15) is 13.2 Å². The lowest BCUT2D eigenvalue weighted by molar-refractivity contribution is -0.140. The number of hydrogen-bond donors (Lipinski definition) is 1. The summed E-state index contributed by atoms with van der Waals surface area (Å²) in [6.45, 7) is 3.88. The van der Waals surface area contributed by atoms with Gasteiger partial charge in [-0.05, 0) is 67.7 Å². The Morgan fingerprint density at radius 3 is 2.20 bits per heavy atom. The number of alkyl halides is 3. The van der Waals surface area contributed by atoms with Crippen LogP contribution >= 0.6 is 0 Å². The Bertz CT molecular complexity index is 940. The normalized spacial score (nSPS) is 23.2. The summed E-state index contributed by atoms with van der Waals surface area (Å²) in [7, 11) is 12.9. The van der Waals surface area contributed by atoms with Crippen LogP contribution in [0.25, 0.3) is 11.3 Å². The lowest BCUT2D eigenvalue weighted by Gasteiger charge is -2.45. The molecule has 10 heteroatoms. The molecule has 4 radical (unpaired) electrons. The minimum absolute atomic E-state index is 0. The number of nitrogen functional groups attached to an aromatic ring is 1. The van der Waals surface area contributed by atoms with Gasteiger partial charge in [0.1, 0.15) is 0 Å². The summed E-state index contributed by atoms with van der Waals surface area (Å²) in [6, 6.07) is 5.69. The molecule has 2 unspecified atom stereocenters. The first-order valence-corrected chi connectivity index (χ1v) is 11.8. The van der Waals surface area contributed by atoms with Crippen molar-refractivity contribution < 1.29 is 17.9 Å². The van der Waals surface area contributed by atoms with Crippen LogP contribution < -0.4 is 5.73 Å². The Hall–Kier alpha value is -2.06. The molecule has 1 saturated carbocycles. The molecule has 2 aromatic rings. The van der Waals surface area contributed by atoms with E-state index in [9.17, 15) is 13.2 Å². The van der Waals surface area contributed by atoms with Gasteiger partial charge in [0.2, 0.25) is 0 Å². The van der Waals surface area contributed by atoms with E-state index in [0.29, 0.717) is 11.6 Å². The smallest absolute Gasteiger partial charge is 0.397 e. The molecule has 2 atom stereocenters. The van der Waals surface area contributed by atoms with Gasteiger partial charge in [0.25, 0.3) is 0 Å². The minimum atomic E-state index is -4.50. The number of hydrogen-bond acceptors (Lipinski definition) is 5. The monoisotopic (exact) mass is 484 g/mol. The first kappa shape index (κ1) is 27.5. The van der Waals surface area contributed by atoms with E-state index in [1.165, 1.54) is 49.7 Å². The van der Waals surface area contributed by atoms with Gasteiger partial charge >= 0.3 is 6.18 Å². The molecule has 2 N–H and O–H groups in total. The molecule has 5 rings (SSSR count). The van der Waals surface area contributed by atoms with Gasteiger partial charge in [-0.3, -0.25) is 9.97 Å². The molecule has 35 heavy (non-hydrogen) atoms. The van der Waals surface area contributed by atoms with E-state index in [-0.39, 0.29) is 18.7 Å². The van der Waals surface area contributed by atoms with Crippen molar-refractivity contribution in [1.29, 1.82) is 0 Å². The number of ether oxygens (including phenoxy) is 1. The Labute approximate surface area is 208 Å². The Morgan fingerprint density at radius 2 is 1.63 bits per heavy atom. The zero-order chi connectivity index (χ0) is 24.3. The molecule has 4 heterocycles. The van der Waals surface area contributed by atoms with E-state index in [4.69, 9.17) is 26.2 Å². The maximum Gasteiger partial charge on any atom is 0.434 e. The Kier molecular flexibility index (Phi) is 8.91. The summed E-state index contributed by atoms with van der Waals surface area (Å²) in [4.78, 5) is 9.57. The third-order valence-electron chi connectivity index (χ3n) is 7.29. The van der Waals surface area contributed by atoms with Crippen LogP contribution in [0.2, 0.25) is 0 Å². The van der Waals surface area contributed by atoms with Gasteiger partial charge in [0.15, 0.2) is 5.69 Å². The largest absolute Gasteiger partial charge is 0.434 e. The standard InChI is InChI=1S/C13H21B2NO.C11H8F3N3.CH4/c14-13(15,12-4-6-17-7-5-12)16-8-10-2-1-3-11(10)9-16;12-11(13,14)10-8(2-1-5-16-10)9-4-3-7(15)6-17-9;/h10-12H,1-9H2;1-6H,15H2;1H4. The second kappa shape index (κ2) is 11.3. The lowest BCUT2D eigenvalue weighted by atomic mass is 9.52. The molecule has 186 valence electrons. The van der Waals surface area contributed by atoms with Crippen LogP contribution in [0, 0.1) is 17.8 Å². The Balaban J connectivity index is 0.000000190. The van der Waals surface area contributed by atoms with Gasteiger partial charge in [-0.1, -0.05) is 19.2 Å². The molecule has 0 amide bonds.